The molecule has 0 fully saturated rings. The lowest BCUT2D eigenvalue weighted by Crippen LogP contribution is -1.96. The minimum atomic E-state index is 0.596. The highest BCUT2D eigenvalue weighted by Gasteiger charge is 2.15. The zero-order chi connectivity index (χ0) is 12.7. The Bertz CT molecular complexity index is 606. The quantitative estimate of drug-likeness (QED) is 0.687. The number of fused-ring (bicyclic) bond motifs is 1. The third-order valence-corrected chi connectivity index (χ3v) is 4.18. The first-order valence-corrected chi connectivity index (χ1v) is 6.54. The van der Waals surface area contributed by atoms with E-state index < -0.39 is 0 Å². The van der Waals surface area contributed by atoms with Gasteiger partial charge in [0.25, 0.3) is 0 Å². The Labute approximate surface area is 116 Å². The van der Waals surface area contributed by atoms with E-state index in [1.807, 2.05) is 26.8 Å². The summed E-state index contributed by atoms with van der Waals surface area (Å²) < 4.78 is 0. The smallest absolute Gasteiger partial charge is 0.0921 e. The van der Waals surface area contributed by atoms with E-state index in [9.17, 15) is 0 Å². The van der Waals surface area contributed by atoms with Gasteiger partial charge < -0.3 is 0 Å². The molecule has 0 aliphatic heterocycles. The van der Waals surface area contributed by atoms with Gasteiger partial charge in [0.1, 0.15) is 0 Å². The van der Waals surface area contributed by atoms with Gasteiger partial charge >= 0.3 is 0 Å². The lowest BCUT2D eigenvalue weighted by molar-refractivity contribution is 1.03. The van der Waals surface area contributed by atoms with E-state index in [2.05, 4.69) is 4.98 Å². The summed E-state index contributed by atoms with van der Waals surface area (Å²) in [7, 11) is 0. The monoisotopic (exact) mass is 287 g/mol. The molecule has 0 aliphatic rings. The second kappa shape index (κ2) is 4.64. The van der Waals surface area contributed by atoms with Crippen LogP contribution in [0.4, 0.5) is 0 Å². The average Bonchev–Trinajstić information content (AvgIpc) is 2.29. The lowest BCUT2D eigenvalue weighted by Gasteiger charge is -2.12. The van der Waals surface area contributed by atoms with Crippen LogP contribution in [-0.4, -0.2) is 4.98 Å². The third-order valence-electron chi connectivity index (χ3n) is 2.94. The number of pyridine rings is 1. The SMILES string of the molecule is CCc1nc2c(Cl)cc(C)c(Cl)c2c(Cl)c1C. The maximum atomic E-state index is 6.38. The molecule has 0 amide bonds. The fourth-order valence-corrected chi connectivity index (χ4v) is 2.81. The molecule has 1 nitrogen and oxygen atoms in total. The van der Waals surface area contributed by atoms with Crippen LogP contribution < -0.4 is 0 Å². The lowest BCUT2D eigenvalue weighted by atomic mass is 10.1. The maximum absolute atomic E-state index is 6.38. The number of nitrogens with zero attached hydrogens (tertiary/aromatic N) is 1. The van der Waals surface area contributed by atoms with Gasteiger partial charge in [-0.15, -0.1) is 0 Å². The molecule has 2 rings (SSSR count). The first-order chi connectivity index (χ1) is 7.97. The molecule has 0 bridgehead atoms. The molecule has 0 unspecified atom stereocenters. The zero-order valence-corrected chi connectivity index (χ0v) is 12.1. The van der Waals surface area contributed by atoms with Crippen molar-refractivity contribution < 1.29 is 0 Å². The van der Waals surface area contributed by atoms with E-state index >= 15 is 0 Å². The van der Waals surface area contributed by atoms with E-state index in [4.69, 9.17) is 34.8 Å². The second-order valence-corrected chi connectivity index (χ2v) is 5.23. The molecule has 4 heteroatoms. The molecule has 0 radical (unpaired) electrons. The van der Waals surface area contributed by atoms with Crippen molar-refractivity contribution in [2.45, 2.75) is 27.2 Å². The summed E-state index contributed by atoms with van der Waals surface area (Å²) >= 11 is 18.9. The number of halogens is 3. The van der Waals surface area contributed by atoms with Crippen LogP contribution in [0.3, 0.4) is 0 Å². The molecule has 0 spiro atoms. The summed E-state index contributed by atoms with van der Waals surface area (Å²) in [6.07, 6.45) is 0.823. The van der Waals surface area contributed by atoms with Crippen LogP contribution in [0.5, 0.6) is 0 Å². The van der Waals surface area contributed by atoms with Gasteiger partial charge in [-0.05, 0) is 37.5 Å². The molecule has 1 aromatic carbocycles. The van der Waals surface area contributed by atoms with E-state index in [0.29, 0.717) is 20.6 Å². The molecule has 0 atom stereocenters. The van der Waals surface area contributed by atoms with Crippen LogP contribution in [0, 0.1) is 13.8 Å². The highest BCUT2D eigenvalue weighted by molar-refractivity contribution is 6.45. The van der Waals surface area contributed by atoms with Gasteiger partial charge in [-0.3, -0.25) is 4.98 Å². The second-order valence-electron chi connectivity index (χ2n) is 4.06. The first kappa shape index (κ1) is 12.9. The Hall–Kier alpha value is -0.500. The fourth-order valence-electron chi connectivity index (χ4n) is 1.93. The van der Waals surface area contributed by atoms with Crippen LogP contribution in [-0.2, 0) is 6.42 Å². The highest BCUT2D eigenvalue weighted by atomic mass is 35.5. The van der Waals surface area contributed by atoms with Crippen LogP contribution in [0.25, 0.3) is 10.9 Å². The van der Waals surface area contributed by atoms with Crippen molar-refractivity contribution in [3.05, 3.63) is 38.0 Å². The molecule has 1 heterocycles. The predicted octanol–water partition coefficient (Wildman–Crippen LogP) is 5.37. The Morgan fingerprint density at radius 2 is 1.76 bits per heavy atom. The number of benzene rings is 1. The highest BCUT2D eigenvalue weighted by Crippen LogP contribution is 2.38. The summed E-state index contributed by atoms with van der Waals surface area (Å²) in [5.41, 5.74) is 3.54. The Morgan fingerprint density at radius 3 is 2.35 bits per heavy atom. The summed E-state index contributed by atoms with van der Waals surface area (Å²) in [5, 5.41) is 2.64. The predicted molar refractivity (Wildman–Crippen MR) is 75.6 cm³/mol. The molecular formula is C13H12Cl3N. The summed E-state index contributed by atoms with van der Waals surface area (Å²) in [5.74, 6) is 0. The number of aryl methyl sites for hydroxylation is 2. The molecule has 0 aliphatic carbocycles. The van der Waals surface area contributed by atoms with Gasteiger partial charge in [-0.1, -0.05) is 41.7 Å². The molecule has 1 aromatic heterocycles. The van der Waals surface area contributed by atoms with E-state index in [1.165, 1.54) is 0 Å². The molecule has 90 valence electrons. The summed E-state index contributed by atoms with van der Waals surface area (Å²) in [6.45, 7) is 5.91. The fraction of sp³-hybridized carbons (Fsp3) is 0.308. The minimum Gasteiger partial charge on any atom is -0.251 e. The van der Waals surface area contributed by atoms with Gasteiger partial charge in [0.15, 0.2) is 0 Å². The van der Waals surface area contributed by atoms with E-state index in [-0.39, 0.29) is 0 Å². The average molecular weight is 289 g/mol. The number of hydrogen-bond acceptors (Lipinski definition) is 1. The molecule has 0 saturated heterocycles. The normalized spacial score (nSPS) is 11.2. The van der Waals surface area contributed by atoms with E-state index in [0.717, 1.165) is 28.6 Å². The number of rotatable bonds is 1. The Balaban J connectivity index is 3.01. The van der Waals surface area contributed by atoms with Crippen molar-refractivity contribution in [3.63, 3.8) is 0 Å². The van der Waals surface area contributed by atoms with Crippen LogP contribution >= 0.6 is 34.8 Å². The standard InChI is InChI=1S/C13H12Cl3N/c1-4-9-7(3)12(16)10-11(15)6(2)5-8(14)13(10)17-9/h5H,4H2,1-3H3. The molecule has 17 heavy (non-hydrogen) atoms. The van der Waals surface area contributed by atoms with Gasteiger partial charge in [-0.2, -0.15) is 0 Å². The van der Waals surface area contributed by atoms with Crippen LogP contribution in [0.2, 0.25) is 15.1 Å². The third kappa shape index (κ3) is 2.01. The number of hydrogen-bond donors (Lipinski definition) is 0. The molecule has 2 aromatic rings. The Kier molecular flexibility index (Phi) is 3.53. The maximum Gasteiger partial charge on any atom is 0.0921 e. The van der Waals surface area contributed by atoms with Crippen molar-refractivity contribution in [1.29, 1.82) is 0 Å². The van der Waals surface area contributed by atoms with Gasteiger partial charge in [0.2, 0.25) is 0 Å². The molecule has 0 N–H and O–H groups in total. The van der Waals surface area contributed by atoms with Crippen LogP contribution in [0.15, 0.2) is 6.07 Å². The van der Waals surface area contributed by atoms with Gasteiger partial charge in [-0.25, -0.2) is 0 Å². The molecule has 0 saturated carbocycles. The largest absolute Gasteiger partial charge is 0.251 e. The Morgan fingerprint density at radius 1 is 1.12 bits per heavy atom. The van der Waals surface area contributed by atoms with E-state index in [1.54, 1.807) is 0 Å². The molecular weight excluding hydrogens is 277 g/mol. The van der Waals surface area contributed by atoms with Gasteiger partial charge in [0.05, 0.1) is 20.6 Å². The zero-order valence-electron chi connectivity index (χ0n) is 9.87. The summed E-state index contributed by atoms with van der Waals surface area (Å²) in [6, 6.07) is 1.82. The van der Waals surface area contributed by atoms with Crippen molar-refractivity contribution in [3.8, 4) is 0 Å². The topological polar surface area (TPSA) is 12.9 Å². The first-order valence-electron chi connectivity index (χ1n) is 5.40. The summed E-state index contributed by atoms with van der Waals surface area (Å²) in [4.78, 5) is 4.55. The van der Waals surface area contributed by atoms with Crippen molar-refractivity contribution in [2.75, 3.05) is 0 Å². The van der Waals surface area contributed by atoms with Crippen LogP contribution in [0.1, 0.15) is 23.7 Å². The van der Waals surface area contributed by atoms with Crippen molar-refractivity contribution in [2.24, 2.45) is 0 Å². The van der Waals surface area contributed by atoms with Crippen molar-refractivity contribution >= 4 is 45.7 Å². The number of aromatic nitrogens is 1. The van der Waals surface area contributed by atoms with Crippen molar-refractivity contribution in [1.82, 2.24) is 4.98 Å². The minimum absolute atomic E-state index is 0.596. The van der Waals surface area contributed by atoms with Gasteiger partial charge in [0, 0.05) is 11.1 Å².